The number of hydrogen-bond donors (Lipinski definition) is 2. The highest BCUT2D eigenvalue weighted by Crippen LogP contribution is 2.15. The van der Waals surface area contributed by atoms with Gasteiger partial charge in [-0.15, -0.1) is 0 Å². The van der Waals surface area contributed by atoms with Gasteiger partial charge in [0, 0.05) is 14.1 Å². The Morgan fingerprint density at radius 3 is 2.58 bits per heavy atom. The van der Waals surface area contributed by atoms with E-state index >= 15 is 0 Å². The molecule has 0 spiro atoms. The minimum absolute atomic E-state index is 0.117. The lowest BCUT2D eigenvalue weighted by atomic mass is 10.2. The normalized spacial score (nSPS) is 12.1. The van der Waals surface area contributed by atoms with E-state index in [0.29, 0.717) is 5.75 Å². The van der Waals surface area contributed by atoms with Gasteiger partial charge in [-0.1, -0.05) is 24.3 Å². The SMILES string of the molecule is Cc1ccccc1OCC(=O)N[C@@H](C)C(=O)N/N=C\c1ccc2c(c1)n(C)c(=O)n2C. The second-order valence-electron chi connectivity index (χ2n) is 7.23. The molecule has 0 aliphatic carbocycles. The summed E-state index contributed by atoms with van der Waals surface area (Å²) in [7, 11) is 3.40. The number of nitrogens with one attached hydrogen (secondary N) is 2. The molecule has 0 aliphatic rings. The number of para-hydroxylation sites is 1. The number of aryl methyl sites for hydroxylation is 3. The Morgan fingerprint density at radius 2 is 1.84 bits per heavy atom. The summed E-state index contributed by atoms with van der Waals surface area (Å²) in [6.07, 6.45) is 1.48. The summed E-state index contributed by atoms with van der Waals surface area (Å²) in [6, 6.07) is 12.0. The molecule has 9 nitrogen and oxygen atoms in total. The van der Waals surface area contributed by atoms with Crippen LogP contribution >= 0.6 is 0 Å². The maximum Gasteiger partial charge on any atom is 0.328 e. The van der Waals surface area contributed by atoms with Crippen molar-refractivity contribution in [2.45, 2.75) is 19.9 Å². The summed E-state index contributed by atoms with van der Waals surface area (Å²) in [6.45, 7) is 3.25. The van der Waals surface area contributed by atoms with Crippen LogP contribution in [0.15, 0.2) is 52.4 Å². The average Bonchev–Trinajstić information content (AvgIpc) is 2.96. The van der Waals surface area contributed by atoms with Gasteiger partial charge >= 0.3 is 5.69 Å². The molecule has 9 heteroatoms. The van der Waals surface area contributed by atoms with Gasteiger partial charge in [-0.3, -0.25) is 18.7 Å². The second kappa shape index (κ2) is 9.29. The minimum atomic E-state index is -0.789. The molecule has 2 N–H and O–H groups in total. The van der Waals surface area contributed by atoms with E-state index in [1.54, 1.807) is 48.4 Å². The highest BCUT2D eigenvalue weighted by molar-refractivity contribution is 5.90. The van der Waals surface area contributed by atoms with Crippen LogP contribution in [0.25, 0.3) is 11.0 Å². The zero-order valence-corrected chi connectivity index (χ0v) is 17.9. The van der Waals surface area contributed by atoms with E-state index < -0.39 is 17.9 Å². The third-order valence-corrected chi connectivity index (χ3v) is 4.91. The predicted octanol–water partition coefficient (Wildman–Crippen LogP) is 1.22. The van der Waals surface area contributed by atoms with Crippen molar-refractivity contribution in [3.05, 3.63) is 64.1 Å². The van der Waals surface area contributed by atoms with Gasteiger partial charge in [0.15, 0.2) is 6.61 Å². The summed E-state index contributed by atoms with van der Waals surface area (Å²) < 4.78 is 8.58. The zero-order valence-electron chi connectivity index (χ0n) is 17.9. The lowest BCUT2D eigenvalue weighted by Crippen LogP contribution is -2.45. The number of benzene rings is 2. The molecule has 0 aliphatic heterocycles. The van der Waals surface area contributed by atoms with Crippen LogP contribution in [0.4, 0.5) is 0 Å². The molecular formula is C22H25N5O4. The molecule has 3 aromatic rings. The molecule has 31 heavy (non-hydrogen) atoms. The molecule has 0 radical (unpaired) electrons. The lowest BCUT2D eigenvalue weighted by Gasteiger charge is -2.13. The van der Waals surface area contributed by atoms with Crippen LogP contribution in [-0.2, 0) is 23.7 Å². The Hall–Kier alpha value is -3.88. The number of nitrogens with zero attached hydrogens (tertiary/aromatic N) is 3. The smallest absolute Gasteiger partial charge is 0.328 e. The Bertz CT molecular complexity index is 1210. The quantitative estimate of drug-likeness (QED) is 0.440. The summed E-state index contributed by atoms with van der Waals surface area (Å²) in [5, 5.41) is 6.51. The molecule has 1 atom stereocenters. The first-order chi connectivity index (χ1) is 14.8. The molecule has 0 saturated heterocycles. The first kappa shape index (κ1) is 21.8. The maximum absolute atomic E-state index is 12.2. The van der Waals surface area contributed by atoms with Crippen molar-refractivity contribution in [1.29, 1.82) is 0 Å². The van der Waals surface area contributed by atoms with Crippen molar-refractivity contribution in [2.24, 2.45) is 19.2 Å². The lowest BCUT2D eigenvalue weighted by molar-refractivity contribution is -0.129. The molecule has 1 heterocycles. The largest absolute Gasteiger partial charge is 0.484 e. The van der Waals surface area contributed by atoms with Gasteiger partial charge in [0.1, 0.15) is 11.8 Å². The van der Waals surface area contributed by atoms with Crippen LogP contribution < -0.4 is 21.2 Å². The molecule has 1 aromatic heterocycles. The van der Waals surface area contributed by atoms with E-state index in [2.05, 4.69) is 15.8 Å². The van der Waals surface area contributed by atoms with Gasteiger partial charge in [-0.25, -0.2) is 10.2 Å². The molecule has 0 fully saturated rings. The Morgan fingerprint density at radius 1 is 1.13 bits per heavy atom. The summed E-state index contributed by atoms with van der Waals surface area (Å²) in [5.41, 5.74) is 5.49. The van der Waals surface area contributed by atoms with E-state index in [1.807, 2.05) is 31.2 Å². The number of fused-ring (bicyclic) bond motifs is 1. The van der Waals surface area contributed by atoms with Crippen LogP contribution in [0.5, 0.6) is 5.75 Å². The topological polar surface area (TPSA) is 107 Å². The van der Waals surface area contributed by atoms with E-state index in [4.69, 9.17) is 4.74 Å². The van der Waals surface area contributed by atoms with Crippen molar-refractivity contribution < 1.29 is 14.3 Å². The van der Waals surface area contributed by atoms with E-state index in [0.717, 1.165) is 22.2 Å². The number of carbonyl (C=O) groups excluding carboxylic acids is 2. The fourth-order valence-corrected chi connectivity index (χ4v) is 3.08. The highest BCUT2D eigenvalue weighted by atomic mass is 16.5. The molecule has 2 amide bonds. The van der Waals surface area contributed by atoms with Crippen LogP contribution in [0.2, 0.25) is 0 Å². The Kier molecular flexibility index (Phi) is 6.54. The average molecular weight is 423 g/mol. The highest BCUT2D eigenvalue weighted by Gasteiger charge is 2.15. The number of rotatable bonds is 7. The van der Waals surface area contributed by atoms with Crippen molar-refractivity contribution >= 4 is 29.1 Å². The van der Waals surface area contributed by atoms with E-state index in [-0.39, 0.29) is 12.3 Å². The van der Waals surface area contributed by atoms with Crippen LogP contribution in [-0.4, -0.2) is 39.8 Å². The van der Waals surface area contributed by atoms with Crippen LogP contribution in [0.3, 0.4) is 0 Å². The van der Waals surface area contributed by atoms with E-state index in [9.17, 15) is 14.4 Å². The van der Waals surface area contributed by atoms with Gasteiger partial charge < -0.3 is 10.1 Å². The first-order valence-corrected chi connectivity index (χ1v) is 9.74. The number of ether oxygens (including phenoxy) is 1. The fraction of sp³-hybridized carbons (Fsp3) is 0.273. The van der Waals surface area contributed by atoms with Gasteiger partial charge in [-0.2, -0.15) is 5.10 Å². The van der Waals surface area contributed by atoms with Crippen LogP contribution in [0.1, 0.15) is 18.1 Å². The number of hydrogen-bond acceptors (Lipinski definition) is 5. The zero-order chi connectivity index (χ0) is 22.5. The third-order valence-electron chi connectivity index (χ3n) is 4.91. The molecule has 2 aromatic carbocycles. The number of carbonyl (C=O) groups is 2. The minimum Gasteiger partial charge on any atom is -0.484 e. The Labute approximate surface area is 179 Å². The van der Waals surface area contributed by atoms with Crippen molar-refractivity contribution in [3.8, 4) is 5.75 Å². The molecule has 0 saturated carbocycles. The van der Waals surface area contributed by atoms with Crippen LogP contribution in [0, 0.1) is 6.92 Å². The van der Waals surface area contributed by atoms with Gasteiger partial charge in [-0.05, 0) is 43.2 Å². The van der Waals surface area contributed by atoms with Crippen molar-refractivity contribution in [2.75, 3.05) is 6.61 Å². The molecular weight excluding hydrogens is 398 g/mol. The fourth-order valence-electron chi connectivity index (χ4n) is 3.08. The monoisotopic (exact) mass is 423 g/mol. The summed E-state index contributed by atoms with van der Waals surface area (Å²) in [4.78, 5) is 36.2. The van der Waals surface area contributed by atoms with Gasteiger partial charge in [0.2, 0.25) is 0 Å². The number of aromatic nitrogens is 2. The maximum atomic E-state index is 12.2. The summed E-state index contributed by atoms with van der Waals surface area (Å²) >= 11 is 0. The standard InChI is InChI=1S/C22H25N5O4/c1-14-7-5-6-8-19(14)31-13-20(28)24-15(2)21(29)25-23-12-16-9-10-17-18(11-16)27(4)22(30)26(17)3/h5-12,15H,13H2,1-4H3,(H,24,28)(H,25,29)/b23-12-/t15-/m0/s1. The Balaban J connectivity index is 1.52. The first-order valence-electron chi connectivity index (χ1n) is 9.74. The molecule has 3 rings (SSSR count). The molecule has 0 bridgehead atoms. The van der Waals surface area contributed by atoms with Gasteiger partial charge in [0.25, 0.3) is 11.8 Å². The molecule has 162 valence electrons. The number of hydrazone groups is 1. The predicted molar refractivity (Wildman–Crippen MR) is 118 cm³/mol. The second-order valence-corrected chi connectivity index (χ2v) is 7.23. The third kappa shape index (κ3) is 5.00. The van der Waals surface area contributed by atoms with Crippen molar-refractivity contribution in [1.82, 2.24) is 19.9 Å². The van der Waals surface area contributed by atoms with E-state index in [1.165, 1.54) is 6.21 Å². The summed E-state index contributed by atoms with van der Waals surface area (Å²) in [5.74, 6) is -0.258. The molecule has 0 unspecified atom stereocenters. The number of imidazole rings is 1. The van der Waals surface area contributed by atoms with Crippen molar-refractivity contribution in [3.63, 3.8) is 0 Å². The number of amides is 2. The van der Waals surface area contributed by atoms with Gasteiger partial charge in [0.05, 0.1) is 17.2 Å².